The Kier molecular flexibility index (Phi) is 4.10. The van der Waals surface area contributed by atoms with Gasteiger partial charge in [0.15, 0.2) is 0 Å². The van der Waals surface area contributed by atoms with Crippen LogP contribution in [-0.2, 0) is 0 Å². The second-order valence-corrected chi connectivity index (χ2v) is 10.2. The van der Waals surface area contributed by atoms with Crippen LogP contribution in [0.4, 0.5) is 0 Å². The van der Waals surface area contributed by atoms with Gasteiger partial charge in [0, 0.05) is 0 Å². The summed E-state index contributed by atoms with van der Waals surface area (Å²) in [6.07, 6.45) is 8.05. The first-order valence-electron chi connectivity index (χ1n) is 10.3. The number of hydrogen-bond acceptors (Lipinski definition) is 3. The van der Waals surface area contributed by atoms with E-state index >= 15 is 0 Å². The molecular weight excluding hydrogens is 300 g/mol. The molecule has 0 bridgehead atoms. The third-order valence-corrected chi connectivity index (χ3v) is 9.27. The molecule has 0 unspecified atom stereocenters. The molecule has 3 N–H and O–H groups in total. The van der Waals surface area contributed by atoms with Crippen LogP contribution in [0.2, 0.25) is 0 Å². The van der Waals surface area contributed by atoms with E-state index in [4.69, 9.17) is 0 Å². The van der Waals surface area contributed by atoms with E-state index < -0.39 is 0 Å². The predicted octanol–water partition coefficient (Wildman–Crippen LogP) is 3.36. The Hall–Kier alpha value is -0.120. The molecule has 0 aromatic heterocycles. The number of rotatable bonds is 1. The quantitative estimate of drug-likeness (QED) is 0.688. The number of aliphatic hydroxyl groups is 3. The summed E-state index contributed by atoms with van der Waals surface area (Å²) in [5, 5.41) is 31.3. The fourth-order valence-corrected chi connectivity index (χ4v) is 8.09. The van der Waals surface area contributed by atoms with Crippen LogP contribution in [0.5, 0.6) is 0 Å². The van der Waals surface area contributed by atoms with Crippen molar-refractivity contribution < 1.29 is 15.3 Å². The molecule has 4 saturated carbocycles. The molecule has 3 nitrogen and oxygen atoms in total. The van der Waals surface area contributed by atoms with Gasteiger partial charge in [-0.05, 0) is 98.7 Å². The van der Waals surface area contributed by atoms with Crippen molar-refractivity contribution in [1.29, 1.82) is 0 Å². The lowest BCUT2D eigenvalue weighted by molar-refractivity contribution is -0.144. The molecule has 138 valence electrons. The molecular formula is C21H36O3. The maximum Gasteiger partial charge on any atom is 0.0580 e. The summed E-state index contributed by atoms with van der Waals surface area (Å²) in [5.74, 6) is 2.58. The van der Waals surface area contributed by atoms with Gasteiger partial charge in [0.25, 0.3) is 0 Å². The summed E-state index contributed by atoms with van der Waals surface area (Å²) in [6, 6.07) is 0. The molecule has 10 atom stereocenters. The average molecular weight is 337 g/mol. The van der Waals surface area contributed by atoms with E-state index in [9.17, 15) is 15.3 Å². The van der Waals surface area contributed by atoms with Crippen LogP contribution in [0.1, 0.15) is 72.1 Å². The molecule has 4 rings (SSSR count). The van der Waals surface area contributed by atoms with Gasteiger partial charge in [-0.25, -0.2) is 0 Å². The van der Waals surface area contributed by atoms with Gasteiger partial charge in [-0.1, -0.05) is 13.8 Å². The SMILES string of the molecule is C[C@H](O)[C@H]1C[C@H](O)[C@H]2[C@@H]3CC[C@H]4C[C@H](O)CC[C@]4(C)[C@H]3CC[C@@]21C. The van der Waals surface area contributed by atoms with Crippen LogP contribution in [-0.4, -0.2) is 33.6 Å². The van der Waals surface area contributed by atoms with Crippen molar-refractivity contribution >= 4 is 0 Å². The molecule has 4 fully saturated rings. The Labute approximate surface area is 146 Å². The highest BCUT2D eigenvalue weighted by atomic mass is 16.3. The van der Waals surface area contributed by atoms with Gasteiger partial charge in [-0.15, -0.1) is 0 Å². The Balaban J connectivity index is 1.64. The summed E-state index contributed by atoms with van der Waals surface area (Å²) in [5.41, 5.74) is 0.457. The molecule has 0 amide bonds. The van der Waals surface area contributed by atoms with Crippen molar-refractivity contribution in [2.75, 3.05) is 0 Å². The third kappa shape index (κ3) is 2.27. The lowest BCUT2D eigenvalue weighted by atomic mass is 9.44. The fourth-order valence-electron chi connectivity index (χ4n) is 8.09. The van der Waals surface area contributed by atoms with Crippen molar-refractivity contribution in [3.63, 3.8) is 0 Å². The standard InChI is InChI=1S/C21H36O3/c1-12(22)17-11-18(24)19-15-5-4-13-10-14(23)6-8-20(13,2)16(15)7-9-21(17,19)3/h12-19,22-24H,4-11H2,1-3H3/t12-,13-,14+,15+,16-,17+,18-,19+,20-,21+/m0/s1. The lowest BCUT2D eigenvalue weighted by Gasteiger charge is -2.61. The van der Waals surface area contributed by atoms with Gasteiger partial charge < -0.3 is 15.3 Å². The first-order valence-corrected chi connectivity index (χ1v) is 10.3. The summed E-state index contributed by atoms with van der Waals surface area (Å²) >= 11 is 0. The smallest absolute Gasteiger partial charge is 0.0580 e. The average Bonchev–Trinajstić information content (AvgIpc) is 2.80. The van der Waals surface area contributed by atoms with Crippen molar-refractivity contribution in [1.82, 2.24) is 0 Å². The molecule has 4 aliphatic rings. The van der Waals surface area contributed by atoms with Gasteiger partial charge >= 0.3 is 0 Å². The predicted molar refractivity (Wildman–Crippen MR) is 94.3 cm³/mol. The third-order valence-electron chi connectivity index (χ3n) is 9.27. The van der Waals surface area contributed by atoms with Gasteiger partial charge in [0.05, 0.1) is 18.3 Å². The largest absolute Gasteiger partial charge is 0.393 e. The second kappa shape index (κ2) is 5.69. The second-order valence-electron chi connectivity index (χ2n) is 10.2. The highest BCUT2D eigenvalue weighted by Crippen LogP contribution is 2.67. The van der Waals surface area contributed by atoms with E-state index in [0.717, 1.165) is 32.1 Å². The molecule has 0 spiro atoms. The highest BCUT2D eigenvalue weighted by molar-refractivity contribution is 5.12. The van der Waals surface area contributed by atoms with Gasteiger partial charge in [0.2, 0.25) is 0 Å². The monoisotopic (exact) mass is 336 g/mol. The van der Waals surface area contributed by atoms with Crippen molar-refractivity contribution in [2.24, 2.45) is 40.4 Å². The molecule has 24 heavy (non-hydrogen) atoms. The Morgan fingerprint density at radius 3 is 2.33 bits per heavy atom. The van der Waals surface area contributed by atoms with Crippen LogP contribution in [0.15, 0.2) is 0 Å². The maximum atomic E-state index is 10.9. The zero-order valence-corrected chi connectivity index (χ0v) is 15.6. The lowest BCUT2D eigenvalue weighted by Crippen LogP contribution is -2.55. The van der Waals surface area contributed by atoms with Gasteiger partial charge in [0.1, 0.15) is 0 Å². The van der Waals surface area contributed by atoms with Crippen LogP contribution < -0.4 is 0 Å². The van der Waals surface area contributed by atoms with Crippen molar-refractivity contribution in [2.45, 2.75) is 90.4 Å². The van der Waals surface area contributed by atoms with Crippen LogP contribution in [0, 0.1) is 40.4 Å². The maximum absolute atomic E-state index is 10.9. The molecule has 0 heterocycles. The normalized spacial score (nSPS) is 58.5. The first-order chi connectivity index (χ1) is 11.3. The number of hydrogen-bond donors (Lipinski definition) is 3. The molecule has 4 aliphatic carbocycles. The molecule has 3 heteroatoms. The summed E-state index contributed by atoms with van der Waals surface area (Å²) in [6.45, 7) is 6.74. The van der Waals surface area contributed by atoms with Crippen LogP contribution in [0.3, 0.4) is 0 Å². The highest BCUT2D eigenvalue weighted by Gasteiger charge is 2.63. The van der Waals surface area contributed by atoms with Crippen LogP contribution in [0.25, 0.3) is 0 Å². The zero-order chi connectivity index (χ0) is 17.3. The van der Waals surface area contributed by atoms with E-state index in [1.165, 1.54) is 19.3 Å². The van der Waals surface area contributed by atoms with E-state index in [-0.39, 0.29) is 29.6 Å². The van der Waals surface area contributed by atoms with E-state index in [1.807, 2.05) is 6.92 Å². The van der Waals surface area contributed by atoms with E-state index in [1.54, 1.807) is 0 Å². The topological polar surface area (TPSA) is 60.7 Å². The zero-order valence-electron chi connectivity index (χ0n) is 15.6. The Morgan fingerprint density at radius 1 is 0.917 bits per heavy atom. The molecule has 0 radical (unpaired) electrons. The number of aliphatic hydroxyl groups excluding tert-OH is 3. The first kappa shape index (κ1) is 17.3. The van der Waals surface area contributed by atoms with E-state index in [2.05, 4.69) is 13.8 Å². The summed E-state index contributed by atoms with van der Waals surface area (Å²) in [7, 11) is 0. The molecule has 0 saturated heterocycles. The minimum atomic E-state index is -0.317. The van der Waals surface area contributed by atoms with Crippen molar-refractivity contribution in [3.05, 3.63) is 0 Å². The van der Waals surface area contributed by atoms with Crippen LogP contribution >= 0.6 is 0 Å². The molecule has 0 aliphatic heterocycles. The van der Waals surface area contributed by atoms with Gasteiger partial charge in [-0.2, -0.15) is 0 Å². The molecule has 0 aromatic carbocycles. The summed E-state index contributed by atoms with van der Waals surface area (Å²) in [4.78, 5) is 0. The van der Waals surface area contributed by atoms with Crippen molar-refractivity contribution in [3.8, 4) is 0 Å². The fraction of sp³-hybridized carbons (Fsp3) is 1.00. The van der Waals surface area contributed by atoms with E-state index in [0.29, 0.717) is 29.1 Å². The van der Waals surface area contributed by atoms with Gasteiger partial charge in [-0.3, -0.25) is 0 Å². The summed E-state index contributed by atoms with van der Waals surface area (Å²) < 4.78 is 0. The Morgan fingerprint density at radius 2 is 1.62 bits per heavy atom. The minimum Gasteiger partial charge on any atom is -0.393 e. The number of fused-ring (bicyclic) bond motifs is 5. The Bertz CT molecular complexity index is 491. The minimum absolute atomic E-state index is 0.0924. The molecule has 0 aromatic rings.